The van der Waals surface area contributed by atoms with Gasteiger partial charge in [-0.2, -0.15) is 5.10 Å². The third kappa shape index (κ3) is 4.71. The smallest absolute Gasteiger partial charge is 0.275 e. The number of carbonyl (C=O) groups is 1. The molecular formula is C19H20N2O3. The van der Waals surface area contributed by atoms with Crippen molar-refractivity contribution in [2.45, 2.75) is 6.92 Å². The maximum absolute atomic E-state index is 12.2. The molecule has 0 aliphatic carbocycles. The Bertz CT molecular complexity index is 726. The van der Waals surface area contributed by atoms with Gasteiger partial charge in [-0.1, -0.05) is 36.9 Å². The van der Waals surface area contributed by atoms with E-state index in [0.717, 1.165) is 5.56 Å². The zero-order valence-corrected chi connectivity index (χ0v) is 13.6. The van der Waals surface area contributed by atoms with E-state index in [1.165, 1.54) is 0 Å². The third-order valence-electron chi connectivity index (χ3n) is 3.08. The van der Waals surface area contributed by atoms with Crippen LogP contribution in [0.3, 0.4) is 0 Å². The first-order chi connectivity index (χ1) is 11.8. The van der Waals surface area contributed by atoms with E-state index in [9.17, 15) is 4.79 Å². The fourth-order valence-corrected chi connectivity index (χ4v) is 2.02. The molecule has 0 saturated heterocycles. The standard InChI is InChI=1S/C19H20N2O3/c1-3-13-24-17-11-7-5-9-15(17)14-20-21-19(22)16-10-6-8-12-18(16)23-4-2/h3,5-12,14H,1,4,13H2,2H3,(H,21,22). The van der Waals surface area contributed by atoms with Crippen molar-refractivity contribution in [1.82, 2.24) is 5.43 Å². The Labute approximate surface area is 141 Å². The number of hydrazone groups is 1. The summed E-state index contributed by atoms with van der Waals surface area (Å²) in [5, 5.41) is 4.00. The summed E-state index contributed by atoms with van der Waals surface area (Å²) >= 11 is 0. The van der Waals surface area contributed by atoms with E-state index in [1.54, 1.807) is 30.5 Å². The maximum atomic E-state index is 12.2. The van der Waals surface area contributed by atoms with Crippen LogP contribution in [0.15, 0.2) is 66.3 Å². The van der Waals surface area contributed by atoms with E-state index in [-0.39, 0.29) is 5.91 Å². The predicted octanol–water partition coefficient (Wildman–Crippen LogP) is 3.41. The van der Waals surface area contributed by atoms with Crippen LogP contribution in [0.25, 0.3) is 0 Å². The van der Waals surface area contributed by atoms with E-state index in [2.05, 4.69) is 17.1 Å². The van der Waals surface area contributed by atoms with Crippen LogP contribution in [-0.2, 0) is 0 Å². The number of rotatable bonds is 8. The molecule has 2 aromatic carbocycles. The van der Waals surface area contributed by atoms with Gasteiger partial charge in [-0.25, -0.2) is 5.43 Å². The van der Waals surface area contributed by atoms with Gasteiger partial charge >= 0.3 is 0 Å². The van der Waals surface area contributed by atoms with Crippen molar-refractivity contribution in [3.63, 3.8) is 0 Å². The summed E-state index contributed by atoms with van der Waals surface area (Å²) in [5.74, 6) is 0.868. The number of para-hydroxylation sites is 2. The highest BCUT2D eigenvalue weighted by molar-refractivity contribution is 5.97. The summed E-state index contributed by atoms with van der Waals surface area (Å²) in [6.45, 7) is 6.38. The maximum Gasteiger partial charge on any atom is 0.275 e. The van der Waals surface area contributed by atoms with Crippen molar-refractivity contribution in [1.29, 1.82) is 0 Å². The average Bonchev–Trinajstić information content (AvgIpc) is 2.61. The lowest BCUT2D eigenvalue weighted by Crippen LogP contribution is -2.18. The van der Waals surface area contributed by atoms with Crippen LogP contribution >= 0.6 is 0 Å². The summed E-state index contributed by atoms with van der Waals surface area (Å²) in [7, 11) is 0. The summed E-state index contributed by atoms with van der Waals surface area (Å²) in [6.07, 6.45) is 3.21. The van der Waals surface area contributed by atoms with E-state index < -0.39 is 0 Å². The Balaban J connectivity index is 2.07. The minimum absolute atomic E-state index is 0.334. The number of amides is 1. The average molecular weight is 324 g/mol. The quantitative estimate of drug-likeness (QED) is 0.460. The molecule has 2 aromatic rings. The van der Waals surface area contributed by atoms with Crippen molar-refractivity contribution < 1.29 is 14.3 Å². The van der Waals surface area contributed by atoms with Crippen LogP contribution in [0.4, 0.5) is 0 Å². The molecule has 0 radical (unpaired) electrons. The lowest BCUT2D eigenvalue weighted by atomic mass is 10.2. The van der Waals surface area contributed by atoms with Crippen molar-refractivity contribution in [2.75, 3.05) is 13.2 Å². The first kappa shape index (κ1) is 17.3. The number of hydrogen-bond donors (Lipinski definition) is 1. The van der Waals surface area contributed by atoms with Gasteiger partial charge in [-0.05, 0) is 31.2 Å². The largest absolute Gasteiger partial charge is 0.493 e. The van der Waals surface area contributed by atoms with Gasteiger partial charge < -0.3 is 9.47 Å². The molecule has 124 valence electrons. The number of nitrogens with one attached hydrogen (secondary N) is 1. The molecule has 0 aliphatic rings. The molecule has 5 nitrogen and oxygen atoms in total. The van der Waals surface area contributed by atoms with Gasteiger partial charge in [0.2, 0.25) is 0 Å². The molecule has 0 bridgehead atoms. The molecule has 24 heavy (non-hydrogen) atoms. The normalized spacial score (nSPS) is 10.4. The predicted molar refractivity (Wildman–Crippen MR) is 94.8 cm³/mol. The Morgan fingerprint density at radius 1 is 1.12 bits per heavy atom. The SMILES string of the molecule is C=CCOc1ccccc1C=NNC(=O)c1ccccc1OCC. The van der Waals surface area contributed by atoms with E-state index in [4.69, 9.17) is 9.47 Å². The Hall–Kier alpha value is -3.08. The number of ether oxygens (including phenoxy) is 2. The van der Waals surface area contributed by atoms with Gasteiger partial charge in [-0.15, -0.1) is 0 Å². The molecule has 0 atom stereocenters. The molecule has 0 aliphatic heterocycles. The third-order valence-corrected chi connectivity index (χ3v) is 3.08. The fourth-order valence-electron chi connectivity index (χ4n) is 2.02. The van der Waals surface area contributed by atoms with Crippen molar-refractivity contribution in [2.24, 2.45) is 5.10 Å². The molecule has 0 heterocycles. The van der Waals surface area contributed by atoms with Crippen LogP contribution in [0.2, 0.25) is 0 Å². The summed E-state index contributed by atoms with van der Waals surface area (Å²) in [4.78, 5) is 12.2. The summed E-state index contributed by atoms with van der Waals surface area (Å²) in [5.41, 5.74) is 3.70. The van der Waals surface area contributed by atoms with Crippen molar-refractivity contribution >= 4 is 12.1 Å². The highest BCUT2D eigenvalue weighted by Gasteiger charge is 2.10. The number of benzene rings is 2. The molecule has 0 unspecified atom stereocenters. The fraction of sp³-hybridized carbons (Fsp3) is 0.158. The van der Waals surface area contributed by atoms with Gasteiger partial charge in [0.25, 0.3) is 5.91 Å². The van der Waals surface area contributed by atoms with Crippen molar-refractivity contribution in [3.8, 4) is 11.5 Å². The molecule has 1 amide bonds. The number of carbonyl (C=O) groups excluding carboxylic acids is 1. The molecular weight excluding hydrogens is 304 g/mol. The molecule has 1 N–H and O–H groups in total. The molecule has 0 saturated carbocycles. The Morgan fingerprint density at radius 3 is 2.58 bits per heavy atom. The second-order valence-electron chi connectivity index (χ2n) is 4.77. The highest BCUT2D eigenvalue weighted by atomic mass is 16.5. The monoisotopic (exact) mass is 324 g/mol. The first-order valence-corrected chi connectivity index (χ1v) is 7.64. The zero-order valence-electron chi connectivity index (χ0n) is 13.6. The van der Waals surface area contributed by atoms with Gasteiger partial charge in [0.15, 0.2) is 0 Å². The molecule has 0 spiro atoms. The lowest BCUT2D eigenvalue weighted by Gasteiger charge is -2.08. The Morgan fingerprint density at radius 2 is 1.83 bits per heavy atom. The van der Waals surface area contributed by atoms with Crippen LogP contribution in [0.1, 0.15) is 22.8 Å². The minimum atomic E-state index is -0.334. The molecule has 0 fully saturated rings. The zero-order chi connectivity index (χ0) is 17.2. The van der Waals surface area contributed by atoms with Crippen LogP contribution in [-0.4, -0.2) is 25.3 Å². The number of hydrogen-bond acceptors (Lipinski definition) is 4. The molecule has 5 heteroatoms. The summed E-state index contributed by atoms with van der Waals surface area (Å²) < 4.78 is 11.0. The highest BCUT2D eigenvalue weighted by Crippen LogP contribution is 2.18. The van der Waals surface area contributed by atoms with Gasteiger partial charge in [0.1, 0.15) is 18.1 Å². The van der Waals surface area contributed by atoms with E-state index in [1.807, 2.05) is 37.3 Å². The van der Waals surface area contributed by atoms with E-state index in [0.29, 0.717) is 30.3 Å². The minimum Gasteiger partial charge on any atom is -0.493 e. The van der Waals surface area contributed by atoms with Gasteiger partial charge in [0.05, 0.1) is 18.4 Å². The second-order valence-corrected chi connectivity index (χ2v) is 4.77. The Kier molecular flexibility index (Phi) is 6.58. The second kappa shape index (κ2) is 9.15. The first-order valence-electron chi connectivity index (χ1n) is 7.64. The van der Waals surface area contributed by atoms with Gasteiger partial charge in [0, 0.05) is 5.56 Å². The molecule has 0 aromatic heterocycles. The van der Waals surface area contributed by atoms with E-state index >= 15 is 0 Å². The number of nitrogens with zero attached hydrogens (tertiary/aromatic N) is 1. The van der Waals surface area contributed by atoms with Crippen LogP contribution in [0, 0.1) is 0 Å². The molecule has 2 rings (SSSR count). The van der Waals surface area contributed by atoms with Crippen LogP contribution in [0.5, 0.6) is 11.5 Å². The van der Waals surface area contributed by atoms with Crippen molar-refractivity contribution in [3.05, 3.63) is 72.3 Å². The van der Waals surface area contributed by atoms with Gasteiger partial charge in [-0.3, -0.25) is 4.79 Å². The van der Waals surface area contributed by atoms with Crippen LogP contribution < -0.4 is 14.9 Å². The lowest BCUT2D eigenvalue weighted by molar-refractivity contribution is 0.0951. The topological polar surface area (TPSA) is 59.9 Å². The summed E-state index contributed by atoms with van der Waals surface area (Å²) in [6, 6.07) is 14.5.